The number of amides is 1. The number of carbonyl (C=O) groups excluding carboxylic acids is 1. The molecule has 11 heteroatoms. The molecule has 0 spiro atoms. The highest BCUT2D eigenvalue weighted by atomic mass is 35.5. The number of hydrogen-bond acceptors (Lipinski definition) is 7. The van der Waals surface area contributed by atoms with Crippen molar-refractivity contribution in [2.24, 2.45) is 0 Å². The van der Waals surface area contributed by atoms with E-state index in [9.17, 15) is 4.79 Å². The Kier molecular flexibility index (Phi) is 9.79. The maximum Gasteiger partial charge on any atom is 0.252 e. The molecular formula is C26H28Cl2N4O4S. The Morgan fingerprint density at radius 2 is 1.89 bits per heavy atom. The molecule has 2 heterocycles. The van der Waals surface area contributed by atoms with Gasteiger partial charge in [0.2, 0.25) is 5.75 Å². The van der Waals surface area contributed by atoms with Crippen molar-refractivity contribution in [2.75, 3.05) is 32.8 Å². The van der Waals surface area contributed by atoms with E-state index >= 15 is 0 Å². The number of methoxy groups -OCH3 is 3. The van der Waals surface area contributed by atoms with Gasteiger partial charge in [-0.25, -0.2) is 9.97 Å². The molecule has 2 aromatic carbocycles. The fourth-order valence-electron chi connectivity index (χ4n) is 3.79. The van der Waals surface area contributed by atoms with E-state index < -0.39 is 0 Å². The van der Waals surface area contributed by atoms with Crippen molar-refractivity contribution in [3.8, 4) is 17.2 Å². The molecule has 0 unspecified atom stereocenters. The Morgan fingerprint density at radius 3 is 2.49 bits per heavy atom. The summed E-state index contributed by atoms with van der Waals surface area (Å²) >= 11 is 7.84. The molecule has 0 saturated carbocycles. The number of nitrogens with zero attached hydrogens (tertiary/aromatic N) is 4. The summed E-state index contributed by atoms with van der Waals surface area (Å²) in [5, 5.41) is 1.23. The lowest BCUT2D eigenvalue weighted by Crippen LogP contribution is -2.30. The molecule has 0 atom stereocenters. The molecule has 0 fully saturated rings. The number of hydrogen-bond donors (Lipinski definition) is 0. The summed E-state index contributed by atoms with van der Waals surface area (Å²) in [5.41, 5.74) is 2.55. The molecule has 2 aromatic heterocycles. The van der Waals surface area contributed by atoms with Crippen LogP contribution in [0.5, 0.6) is 17.2 Å². The summed E-state index contributed by atoms with van der Waals surface area (Å²) in [5.74, 6) is 1.32. The van der Waals surface area contributed by atoms with Crippen molar-refractivity contribution in [2.45, 2.75) is 19.9 Å². The summed E-state index contributed by atoms with van der Waals surface area (Å²) in [6.07, 6.45) is 9.37. The van der Waals surface area contributed by atoms with E-state index in [4.69, 9.17) is 30.8 Å². The van der Waals surface area contributed by atoms with Crippen LogP contribution in [0.15, 0.2) is 49.1 Å². The van der Waals surface area contributed by atoms with Gasteiger partial charge in [-0.3, -0.25) is 9.69 Å². The molecule has 0 aliphatic rings. The maximum atomic E-state index is 13.5. The SMILES string of the molecule is COc1cc(/C=C/C(=O)N(CCCn2ccnc2)c2nc3c(C)ccc(Cl)c3s2)cc(OC)c1OC.Cl. The maximum absolute atomic E-state index is 13.5. The van der Waals surface area contributed by atoms with Crippen LogP contribution in [0.1, 0.15) is 17.5 Å². The molecule has 1 amide bonds. The topological polar surface area (TPSA) is 78.7 Å². The van der Waals surface area contributed by atoms with Gasteiger partial charge in [0.25, 0.3) is 5.91 Å². The van der Waals surface area contributed by atoms with Gasteiger partial charge in [-0.2, -0.15) is 0 Å². The number of aryl methyl sites for hydroxylation is 2. The zero-order valence-electron chi connectivity index (χ0n) is 20.9. The first-order valence-corrected chi connectivity index (χ1v) is 12.5. The largest absolute Gasteiger partial charge is 0.493 e. The third-order valence-electron chi connectivity index (χ3n) is 5.65. The third kappa shape index (κ3) is 6.36. The number of fused-ring (bicyclic) bond motifs is 1. The third-order valence-corrected chi connectivity index (χ3v) is 7.18. The standard InChI is InChI=1S/C26H27ClN4O4S.ClH/c1-17-6-8-19(27)25-23(17)29-26(36-25)31(12-5-11-30-13-10-28-16-30)22(32)9-7-18-14-20(33-2)24(35-4)21(15-18)34-3;/h6-10,13-16H,5,11-12H2,1-4H3;1H/b9-7+;. The second-order valence-corrected chi connectivity index (χ2v) is 9.36. The van der Waals surface area contributed by atoms with Crippen LogP contribution in [0, 0.1) is 6.92 Å². The zero-order chi connectivity index (χ0) is 25.7. The van der Waals surface area contributed by atoms with Gasteiger partial charge in [-0.1, -0.05) is 29.0 Å². The number of carbonyl (C=O) groups is 1. The lowest BCUT2D eigenvalue weighted by atomic mass is 10.1. The lowest BCUT2D eigenvalue weighted by Gasteiger charge is -2.18. The quantitative estimate of drug-likeness (QED) is 0.219. The number of aromatic nitrogens is 3. The lowest BCUT2D eigenvalue weighted by molar-refractivity contribution is -0.114. The van der Waals surface area contributed by atoms with E-state index in [0.29, 0.717) is 33.9 Å². The summed E-state index contributed by atoms with van der Waals surface area (Å²) in [6, 6.07) is 7.37. The minimum atomic E-state index is -0.192. The van der Waals surface area contributed by atoms with E-state index in [1.54, 1.807) is 57.0 Å². The number of rotatable bonds is 10. The Hall–Kier alpha value is -3.27. The number of halogens is 2. The van der Waals surface area contributed by atoms with Crippen molar-refractivity contribution in [1.29, 1.82) is 0 Å². The highest BCUT2D eigenvalue weighted by Crippen LogP contribution is 2.39. The molecule has 4 aromatic rings. The van der Waals surface area contributed by atoms with Crippen LogP contribution in [-0.2, 0) is 11.3 Å². The summed E-state index contributed by atoms with van der Waals surface area (Å²) in [4.78, 5) is 24.0. The number of anilines is 1. The normalized spacial score (nSPS) is 10.9. The number of benzene rings is 2. The van der Waals surface area contributed by atoms with Crippen molar-refractivity contribution in [3.63, 3.8) is 0 Å². The molecule has 0 saturated heterocycles. The second kappa shape index (κ2) is 12.8. The monoisotopic (exact) mass is 562 g/mol. The average molecular weight is 564 g/mol. The minimum Gasteiger partial charge on any atom is -0.493 e. The fraction of sp³-hybridized carbons (Fsp3) is 0.269. The van der Waals surface area contributed by atoms with E-state index in [2.05, 4.69) is 4.98 Å². The Morgan fingerprint density at radius 1 is 1.16 bits per heavy atom. The first-order valence-electron chi connectivity index (χ1n) is 11.3. The van der Waals surface area contributed by atoms with Crippen LogP contribution in [0.3, 0.4) is 0 Å². The summed E-state index contributed by atoms with van der Waals surface area (Å²) < 4.78 is 19.1. The van der Waals surface area contributed by atoms with Crippen molar-refractivity contribution < 1.29 is 19.0 Å². The molecule has 0 aliphatic carbocycles. The van der Waals surface area contributed by atoms with Crippen LogP contribution in [0.4, 0.5) is 5.13 Å². The van der Waals surface area contributed by atoms with Crippen LogP contribution in [-0.4, -0.2) is 48.3 Å². The Labute approximate surface area is 230 Å². The molecule has 0 bridgehead atoms. The second-order valence-electron chi connectivity index (χ2n) is 7.97. The van der Waals surface area contributed by atoms with Gasteiger partial charge < -0.3 is 18.8 Å². The molecule has 37 heavy (non-hydrogen) atoms. The zero-order valence-corrected chi connectivity index (χ0v) is 23.3. The first-order chi connectivity index (χ1) is 17.4. The molecule has 196 valence electrons. The van der Waals surface area contributed by atoms with Crippen LogP contribution >= 0.6 is 35.3 Å². The van der Waals surface area contributed by atoms with Gasteiger partial charge in [0, 0.05) is 31.6 Å². The van der Waals surface area contributed by atoms with Gasteiger partial charge in [0.15, 0.2) is 16.6 Å². The highest BCUT2D eigenvalue weighted by molar-refractivity contribution is 7.23. The smallest absolute Gasteiger partial charge is 0.252 e. The van der Waals surface area contributed by atoms with Gasteiger partial charge in [-0.05, 0) is 48.7 Å². The van der Waals surface area contributed by atoms with Gasteiger partial charge >= 0.3 is 0 Å². The average Bonchev–Trinajstić information content (AvgIpc) is 3.57. The van der Waals surface area contributed by atoms with Gasteiger partial charge in [-0.15, -0.1) is 12.4 Å². The van der Waals surface area contributed by atoms with Crippen molar-refractivity contribution in [3.05, 3.63) is 65.2 Å². The van der Waals surface area contributed by atoms with Crippen molar-refractivity contribution in [1.82, 2.24) is 14.5 Å². The first kappa shape index (κ1) is 28.3. The summed E-state index contributed by atoms with van der Waals surface area (Å²) in [7, 11) is 4.66. The Balaban J connectivity index is 0.00000380. The van der Waals surface area contributed by atoms with E-state index in [1.807, 2.05) is 29.8 Å². The molecule has 0 radical (unpaired) electrons. The Bertz CT molecular complexity index is 1320. The fourth-order valence-corrected chi connectivity index (χ4v) is 5.14. The predicted molar refractivity (Wildman–Crippen MR) is 151 cm³/mol. The molecule has 4 rings (SSSR count). The van der Waals surface area contributed by atoms with E-state index in [1.165, 1.54) is 17.4 Å². The van der Waals surface area contributed by atoms with E-state index in [-0.39, 0.29) is 18.3 Å². The van der Waals surface area contributed by atoms with Crippen molar-refractivity contribution >= 4 is 62.7 Å². The molecular weight excluding hydrogens is 535 g/mol. The highest BCUT2D eigenvalue weighted by Gasteiger charge is 2.20. The summed E-state index contributed by atoms with van der Waals surface area (Å²) in [6.45, 7) is 3.19. The van der Waals surface area contributed by atoms with Gasteiger partial charge in [0.1, 0.15) is 0 Å². The number of thiazole rings is 1. The van der Waals surface area contributed by atoms with E-state index in [0.717, 1.165) is 34.3 Å². The molecule has 0 N–H and O–H groups in total. The van der Waals surface area contributed by atoms with Gasteiger partial charge in [0.05, 0.1) is 42.9 Å². The minimum absolute atomic E-state index is 0. The molecule has 0 aliphatic heterocycles. The predicted octanol–water partition coefficient (Wildman–Crippen LogP) is 6.04. The number of ether oxygens (including phenoxy) is 3. The number of imidazole rings is 1. The van der Waals surface area contributed by atoms with Crippen LogP contribution in [0.2, 0.25) is 5.02 Å². The van der Waals surface area contributed by atoms with Crippen LogP contribution < -0.4 is 19.1 Å². The van der Waals surface area contributed by atoms with Crippen LogP contribution in [0.25, 0.3) is 16.3 Å². The molecule has 8 nitrogen and oxygen atoms in total.